The third-order valence-electron chi connectivity index (χ3n) is 3.42. The van der Waals surface area contributed by atoms with Crippen LogP contribution in [0, 0.1) is 0 Å². The van der Waals surface area contributed by atoms with Crippen LogP contribution in [0.2, 0.25) is 0 Å². The number of phenolic OH excluding ortho intramolecular Hbond substituents is 1. The van der Waals surface area contributed by atoms with Crippen molar-refractivity contribution in [3.05, 3.63) is 22.2 Å². The third-order valence-corrected chi connectivity index (χ3v) is 4.11. The molecule has 0 radical (unpaired) electrons. The van der Waals surface area contributed by atoms with Crippen molar-refractivity contribution in [3.8, 4) is 11.5 Å². The van der Waals surface area contributed by atoms with Gasteiger partial charge < -0.3 is 15.2 Å². The van der Waals surface area contributed by atoms with E-state index in [2.05, 4.69) is 21.2 Å². The van der Waals surface area contributed by atoms with E-state index in [1.165, 1.54) is 7.11 Å². The van der Waals surface area contributed by atoms with Crippen LogP contribution in [0.1, 0.15) is 11.6 Å². The van der Waals surface area contributed by atoms with E-state index in [4.69, 9.17) is 4.74 Å². The van der Waals surface area contributed by atoms with Gasteiger partial charge in [0.1, 0.15) is 6.67 Å². The van der Waals surface area contributed by atoms with Crippen LogP contribution in [-0.2, 0) is 0 Å². The van der Waals surface area contributed by atoms with Crippen molar-refractivity contribution in [1.29, 1.82) is 0 Å². The van der Waals surface area contributed by atoms with Crippen molar-refractivity contribution >= 4 is 15.9 Å². The molecule has 1 fully saturated rings. The van der Waals surface area contributed by atoms with Gasteiger partial charge in [0.25, 0.3) is 0 Å². The van der Waals surface area contributed by atoms with Crippen molar-refractivity contribution < 1.29 is 14.2 Å². The average Bonchev–Trinajstić information content (AvgIpc) is 2.44. The van der Waals surface area contributed by atoms with Gasteiger partial charge in [0.05, 0.1) is 13.2 Å². The first-order valence-electron chi connectivity index (χ1n) is 6.25. The van der Waals surface area contributed by atoms with E-state index in [0.717, 1.165) is 26.2 Å². The normalized spacial score (nSPS) is 18.3. The number of phenols is 1. The Labute approximate surface area is 120 Å². The van der Waals surface area contributed by atoms with E-state index < -0.39 is 12.7 Å². The Hall–Kier alpha value is -0.850. The highest BCUT2D eigenvalue weighted by molar-refractivity contribution is 9.10. The van der Waals surface area contributed by atoms with Crippen molar-refractivity contribution in [2.45, 2.75) is 6.04 Å². The molecule has 0 aliphatic carbocycles. The standard InChI is InChI=1S/C13H18BrFN2O2/c1-19-11-3-2-9(14)12(13(11)18)10(8-15)17-6-4-16-5-7-17/h2-3,10,16,18H,4-8H2,1H3/t10-/m0/s1. The number of alkyl halides is 1. The second-order valence-electron chi connectivity index (χ2n) is 4.47. The molecule has 1 aromatic carbocycles. The molecule has 0 bridgehead atoms. The van der Waals surface area contributed by atoms with E-state index in [-0.39, 0.29) is 5.75 Å². The van der Waals surface area contributed by atoms with Gasteiger partial charge >= 0.3 is 0 Å². The highest BCUT2D eigenvalue weighted by atomic mass is 79.9. The smallest absolute Gasteiger partial charge is 0.163 e. The SMILES string of the molecule is COc1ccc(Br)c([C@H](CF)N2CCNCC2)c1O. The molecule has 4 nitrogen and oxygen atoms in total. The van der Waals surface area contributed by atoms with Gasteiger partial charge in [-0.25, -0.2) is 4.39 Å². The maximum Gasteiger partial charge on any atom is 0.163 e. The van der Waals surface area contributed by atoms with Gasteiger partial charge in [-0.1, -0.05) is 15.9 Å². The molecule has 0 amide bonds. The molecular weight excluding hydrogens is 315 g/mol. The van der Waals surface area contributed by atoms with E-state index in [1.54, 1.807) is 12.1 Å². The number of halogens is 2. The highest BCUT2D eigenvalue weighted by Gasteiger charge is 2.27. The fraction of sp³-hybridized carbons (Fsp3) is 0.538. The van der Waals surface area contributed by atoms with Gasteiger partial charge in [-0.05, 0) is 12.1 Å². The lowest BCUT2D eigenvalue weighted by Crippen LogP contribution is -2.45. The monoisotopic (exact) mass is 332 g/mol. The molecule has 1 aromatic rings. The number of aromatic hydroxyl groups is 1. The van der Waals surface area contributed by atoms with Crippen molar-refractivity contribution in [2.75, 3.05) is 40.0 Å². The number of methoxy groups -OCH3 is 1. The maximum absolute atomic E-state index is 13.5. The summed E-state index contributed by atoms with van der Waals surface area (Å²) in [5, 5.41) is 13.5. The topological polar surface area (TPSA) is 44.7 Å². The largest absolute Gasteiger partial charge is 0.504 e. The lowest BCUT2D eigenvalue weighted by Gasteiger charge is -2.34. The fourth-order valence-corrected chi connectivity index (χ4v) is 2.98. The summed E-state index contributed by atoms with van der Waals surface area (Å²) in [7, 11) is 1.49. The molecule has 1 atom stereocenters. The molecule has 19 heavy (non-hydrogen) atoms. The number of nitrogens with zero attached hydrogens (tertiary/aromatic N) is 1. The Balaban J connectivity index is 2.36. The Morgan fingerprint density at radius 1 is 1.47 bits per heavy atom. The van der Waals surface area contributed by atoms with Gasteiger partial charge in [-0.2, -0.15) is 0 Å². The minimum atomic E-state index is -0.542. The summed E-state index contributed by atoms with van der Waals surface area (Å²) < 4.78 is 19.3. The molecule has 106 valence electrons. The Bertz CT molecular complexity index is 439. The second kappa shape index (κ2) is 6.54. The van der Waals surface area contributed by atoms with Gasteiger partial charge in [-0.15, -0.1) is 0 Å². The van der Waals surface area contributed by atoms with Gasteiger partial charge in [-0.3, -0.25) is 4.90 Å². The zero-order chi connectivity index (χ0) is 13.8. The fourth-order valence-electron chi connectivity index (χ4n) is 2.40. The maximum atomic E-state index is 13.5. The summed E-state index contributed by atoms with van der Waals surface area (Å²) in [6.07, 6.45) is 0. The highest BCUT2D eigenvalue weighted by Crippen LogP contribution is 2.41. The number of benzene rings is 1. The molecule has 0 spiro atoms. The average molecular weight is 333 g/mol. The van der Waals surface area contributed by atoms with Gasteiger partial charge in [0.2, 0.25) is 0 Å². The van der Waals surface area contributed by atoms with Crippen LogP contribution in [0.25, 0.3) is 0 Å². The Kier molecular flexibility index (Phi) is 5.01. The summed E-state index contributed by atoms with van der Waals surface area (Å²) >= 11 is 3.39. The molecule has 1 aliphatic rings. The number of hydrogen-bond donors (Lipinski definition) is 2. The zero-order valence-electron chi connectivity index (χ0n) is 10.8. The molecule has 2 rings (SSSR count). The number of nitrogens with one attached hydrogen (secondary N) is 1. The molecule has 0 saturated carbocycles. The number of rotatable bonds is 4. The van der Waals surface area contributed by atoms with Crippen molar-refractivity contribution in [3.63, 3.8) is 0 Å². The molecule has 1 heterocycles. The first-order valence-corrected chi connectivity index (χ1v) is 7.04. The van der Waals surface area contributed by atoms with Crippen LogP contribution in [0.3, 0.4) is 0 Å². The molecule has 6 heteroatoms. The lowest BCUT2D eigenvalue weighted by molar-refractivity contribution is 0.144. The summed E-state index contributed by atoms with van der Waals surface area (Å²) in [6.45, 7) is 2.65. The van der Waals surface area contributed by atoms with E-state index in [1.807, 2.05) is 4.90 Å². The van der Waals surface area contributed by atoms with Crippen LogP contribution in [0.5, 0.6) is 11.5 Å². The third kappa shape index (κ3) is 3.01. The Morgan fingerprint density at radius 2 is 2.16 bits per heavy atom. The quantitative estimate of drug-likeness (QED) is 0.886. The Morgan fingerprint density at radius 3 is 2.74 bits per heavy atom. The van der Waals surface area contributed by atoms with E-state index >= 15 is 0 Å². The number of ether oxygens (including phenoxy) is 1. The van der Waals surface area contributed by atoms with E-state index in [9.17, 15) is 9.50 Å². The molecule has 1 aliphatic heterocycles. The predicted octanol–water partition coefficient (Wildman–Crippen LogP) is 2.08. The molecule has 2 N–H and O–H groups in total. The van der Waals surface area contributed by atoms with Crippen LogP contribution in [0.4, 0.5) is 4.39 Å². The zero-order valence-corrected chi connectivity index (χ0v) is 12.4. The summed E-state index contributed by atoms with van der Waals surface area (Å²) in [4.78, 5) is 2.04. The van der Waals surface area contributed by atoms with Crippen molar-refractivity contribution in [1.82, 2.24) is 10.2 Å². The summed E-state index contributed by atoms with van der Waals surface area (Å²) in [5.41, 5.74) is 0.559. The molecule has 1 saturated heterocycles. The summed E-state index contributed by atoms with van der Waals surface area (Å²) in [6, 6.07) is 2.99. The first-order chi connectivity index (χ1) is 9.19. The van der Waals surface area contributed by atoms with Crippen LogP contribution in [0.15, 0.2) is 16.6 Å². The first kappa shape index (κ1) is 14.6. The van der Waals surface area contributed by atoms with E-state index in [0.29, 0.717) is 15.8 Å². The van der Waals surface area contributed by atoms with Crippen LogP contribution in [-0.4, -0.2) is 50.0 Å². The van der Waals surface area contributed by atoms with Gasteiger partial charge in [0.15, 0.2) is 11.5 Å². The molecule has 0 unspecified atom stereocenters. The second-order valence-corrected chi connectivity index (χ2v) is 5.32. The number of piperazine rings is 1. The van der Waals surface area contributed by atoms with Gasteiger partial charge in [0, 0.05) is 36.2 Å². The number of hydrogen-bond acceptors (Lipinski definition) is 4. The predicted molar refractivity (Wildman–Crippen MR) is 75.5 cm³/mol. The van der Waals surface area contributed by atoms with Crippen LogP contribution >= 0.6 is 15.9 Å². The van der Waals surface area contributed by atoms with Crippen molar-refractivity contribution in [2.24, 2.45) is 0 Å². The molecular formula is C13H18BrFN2O2. The summed E-state index contributed by atoms with van der Waals surface area (Å²) in [5.74, 6) is 0.379. The minimum absolute atomic E-state index is 0.0121. The minimum Gasteiger partial charge on any atom is -0.504 e. The lowest BCUT2D eigenvalue weighted by atomic mass is 10.0. The van der Waals surface area contributed by atoms with Crippen LogP contribution < -0.4 is 10.1 Å². The molecule has 0 aromatic heterocycles.